The van der Waals surface area contributed by atoms with Crippen molar-refractivity contribution in [3.63, 3.8) is 0 Å². The van der Waals surface area contributed by atoms with Gasteiger partial charge in [0.2, 0.25) is 0 Å². The Morgan fingerprint density at radius 3 is 3.00 bits per heavy atom. The Morgan fingerprint density at radius 1 is 1.58 bits per heavy atom. The highest BCUT2D eigenvalue weighted by Gasteiger charge is 2.20. The lowest BCUT2D eigenvalue weighted by Crippen LogP contribution is -2.38. The number of halogens is 1. The van der Waals surface area contributed by atoms with Gasteiger partial charge in [-0.05, 0) is 22.0 Å². The minimum Gasteiger partial charge on any atom is -0.484 e. The van der Waals surface area contributed by atoms with Crippen LogP contribution in [0.1, 0.15) is 0 Å². The van der Waals surface area contributed by atoms with Gasteiger partial charge in [-0.15, -0.1) is 0 Å². The molecule has 1 fully saturated rings. The van der Waals surface area contributed by atoms with Crippen molar-refractivity contribution in [3.05, 3.63) is 22.9 Å². The van der Waals surface area contributed by atoms with Crippen LogP contribution in [0.5, 0.6) is 5.75 Å². The van der Waals surface area contributed by atoms with Gasteiger partial charge in [0.1, 0.15) is 11.9 Å². The van der Waals surface area contributed by atoms with Crippen molar-refractivity contribution in [1.29, 1.82) is 0 Å². The van der Waals surface area contributed by atoms with Gasteiger partial charge in [0, 0.05) is 12.4 Å². The number of rotatable bonds is 2. The summed E-state index contributed by atoms with van der Waals surface area (Å²) < 4.78 is 11.4. The molecule has 2 heterocycles. The highest BCUT2D eigenvalue weighted by atomic mass is 79.9. The van der Waals surface area contributed by atoms with E-state index in [2.05, 4.69) is 20.9 Å². The maximum Gasteiger partial charge on any atom is 0.145 e. The van der Waals surface area contributed by atoms with Crippen molar-refractivity contribution < 1.29 is 9.47 Å². The monoisotopic (exact) mass is 229 g/mol. The number of hydrogen-bond donors (Lipinski definition) is 0. The molecule has 12 heavy (non-hydrogen) atoms. The van der Waals surface area contributed by atoms with E-state index in [0.29, 0.717) is 13.2 Å². The lowest BCUT2D eigenvalue weighted by Gasteiger charge is -2.26. The number of pyridine rings is 1. The molecule has 0 amide bonds. The van der Waals surface area contributed by atoms with Gasteiger partial charge in [-0.25, -0.2) is 0 Å². The molecule has 0 saturated carbocycles. The zero-order valence-electron chi connectivity index (χ0n) is 6.37. The molecule has 1 aliphatic rings. The molecule has 1 aliphatic heterocycles. The molecule has 4 heteroatoms. The summed E-state index contributed by atoms with van der Waals surface area (Å²) in [5.41, 5.74) is 0. The van der Waals surface area contributed by atoms with Crippen molar-refractivity contribution in [1.82, 2.24) is 4.98 Å². The molecule has 0 spiro atoms. The quantitative estimate of drug-likeness (QED) is 0.773. The van der Waals surface area contributed by atoms with Crippen LogP contribution in [0.4, 0.5) is 0 Å². The minimum atomic E-state index is 0.212. The SMILES string of the molecule is Brc1cnccc1OC1COC1. The molecule has 1 aromatic rings. The van der Waals surface area contributed by atoms with Gasteiger partial charge in [0.05, 0.1) is 17.7 Å². The van der Waals surface area contributed by atoms with E-state index in [9.17, 15) is 0 Å². The third-order valence-corrected chi connectivity index (χ3v) is 2.23. The van der Waals surface area contributed by atoms with Crippen molar-refractivity contribution in [3.8, 4) is 5.75 Å². The maximum atomic E-state index is 5.57. The van der Waals surface area contributed by atoms with E-state index in [0.717, 1.165) is 10.2 Å². The van der Waals surface area contributed by atoms with Crippen LogP contribution < -0.4 is 4.74 Å². The van der Waals surface area contributed by atoms with Gasteiger partial charge in [0.15, 0.2) is 0 Å². The van der Waals surface area contributed by atoms with E-state index < -0.39 is 0 Å². The number of aromatic nitrogens is 1. The van der Waals surface area contributed by atoms with Crippen molar-refractivity contribution in [2.75, 3.05) is 13.2 Å². The molecule has 0 aliphatic carbocycles. The van der Waals surface area contributed by atoms with Crippen molar-refractivity contribution in [2.45, 2.75) is 6.10 Å². The molecule has 0 N–H and O–H groups in total. The molecular formula is C8H8BrNO2. The third kappa shape index (κ3) is 1.59. The molecule has 0 bridgehead atoms. The summed E-state index contributed by atoms with van der Waals surface area (Å²) in [4.78, 5) is 3.94. The maximum absolute atomic E-state index is 5.57. The average Bonchev–Trinajstić information content (AvgIpc) is 2.00. The lowest BCUT2D eigenvalue weighted by atomic mass is 10.3. The van der Waals surface area contributed by atoms with Crippen molar-refractivity contribution in [2.24, 2.45) is 0 Å². The summed E-state index contributed by atoms with van der Waals surface area (Å²) in [6, 6.07) is 1.84. The van der Waals surface area contributed by atoms with Crippen LogP contribution in [0.25, 0.3) is 0 Å². The normalized spacial score (nSPS) is 17.1. The predicted octanol–water partition coefficient (Wildman–Crippen LogP) is 1.62. The molecule has 1 aromatic heterocycles. The van der Waals surface area contributed by atoms with Crippen LogP contribution in [0, 0.1) is 0 Å². The van der Waals surface area contributed by atoms with Crippen LogP contribution >= 0.6 is 15.9 Å². The number of ether oxygens (including phenoxy) is 2. The zero-order valence-corrected chi connectivity index (χ0v) is 7.95. The Balaban J connectivity index is 2.06. The van der Waals surface area contributed by atoms with Crippen LogP contribution in [-0.4, -0.2) is 24.3 Å². The zero-order chi connectivity index (χ0) is 8.39. The van der Waals surface area contributed by atoms with Crippen LogP contribution in [0.3, 0.4) is 0 Å². The molecule has 0 radical (unpaired) electrons. The van der Waals surface area contributed by atoms with Crippen LogP contribution in [-0.2, 0) is 4.74 Å². The van der Waals surface area contributed by atoms with E-state index >= 15 is 0 Å². The summed E-state index contributed by atoms with van der Waals surface area (Å²) in [5.74, 6) is 0.832. The molecule has 64 valence electrons. The first-order valence-corrected chi connectivity index (χ1v) is 4.49. The first kappa shape index (κ1) is 8.01. The standard InChI is InChI=1S/C8H8BrNO2/c9-7-3-10-2-1-8(7)12-6-4-11-5-6/h1-3,6H,4-5H2. The molecular weight excluding hydrogens is 222 g/mol. The topological polar surface area (TPSA) is 31.4 Å². The van der Waals surface area contributed by atoms with Gasteiger partial charge in [-0.1, -0.05) is 0 Å². The largest absolute Gasteiger partial charge is 0.484 e. The molecule has 0 aromatic carbocycles. The fourth-order valence-corrected chi connectivity index (χ4v) is 1.26. The summed E-state index contributed by atoms with van der Waals surface area (Å²) in [6.45, 7) is 1.38. The van der Waals surface area contributed by atoms with E-state index in [1.807, 2.05) is 6.07 Å². The fourth-order valence-electron chi connectivity index (χ4n) is 0.920. The van der Waals surface area contributed by atoms with E-state index in [-0.39, 0.29) is 6.10 Å². The summed E-state index contributed by atoms with van der Waals surface area (Å²) in [6.07, 6.45) is 3.64. The summed E-state index contributed by atoms with van der Waals surface area (Å²) in [7, 11) is 0. The smallest absolute Gasteiger partial charge is 0.145 e. The number of nitrogens with zero attached hydrogens (tertiary/aromatic N) is 1. The Morgan fingerprint density at radius 2 is 2.42 bits per heavy atom. The Kier molecular flexibility index (Phi) is 2.28. The second-order valence-corrected chi connectivity index (χ2v) is 3.44. The fraction of sp³-hybridized carbons (Fsp3) is 0.375. The molecule has 3 nitrogen and oxygen atoms in total. The van der Waals surface area contributed by atoms with Gasteiger partial charge in [0.25, 0.3) is 0 Å². The molecule has 2 rings (SSSR count). The Labute approximate surface area is 78.8 Å². The van der Waals surface area contributed by atoms with Gasteiger partial charge in [-0.3, -0.25) is 4.98 Å². The highest BCUT2D eigenvalue weighted by Crippen LogP contribution is 2.24. The second-order valence-electron chi connectivity index (χ2n) is 2.58. The van der Waals surface area contributed by atoms with E-state index in [4.69, 9.17) is 9.47 Å². The van der Waals surface area contributed by atoms with Crippen LogP contribution in [0.2, 0.25) is 0 Å². The molecule has 0 unspecified atom stereocenters. The first-order valence-electron chi connectivity index (χ1n) is 3.70. The van der Waals surface area contributed by atoms with E-state index in [1.165, 1.54) is 0 Å². The summed E-state index contributed by atoms with van der Waals surface area (Å²) >= 11 is 3.35. The summed E-state index contributed by atoms with van der Waals surface area (Å²) in [5, 5.41) is 0. The second kappa shape index (κ2) is 3.41. The lowest BCUT2D eigenvalue weighted by molar-refractivity contribution is -0.0799. The third-order valence-electron chi connectivity index (χ3n) is 1.64. The van der Waals surface area contributed by atoms with Crippen LogP contribution in [0.15, 0.2) is 22.9 Å². The minimum absolute atomic E-state index is 0.212. The average molecular weight is 230 g/mol. The molecule has 0 atom stereocenters. The number of hydrogen-bond acceptors (Lipinski definition) is 3. The van der Waals surface area contributed by atoms with E-state index in [1.54, 1.807) is 12.4 Å². The Hall–Kier alpha value is -0.610. The highest BCUT2D eigenvalue weighted by molar-refractivity contribution is 9.10. The first-order chi connectivity index (χ1) is 5.86. The Bertz CT molecular complexity index is 276. The van der Waals surface area contributed by atoms with Gasteiger partial charge < -0.3 is 9.47 Å². The predicted molar refractivity (Wildman–Crippen MR) is 47.2 cm³/mol. The molecule has 1 saturated heterocycles. The van der Waals surface area contributed by atoms with Gasteiger partial charge >= 0.3 is 0 Å². The van der Waals surface area contributed by atoms with Gasteiger partial charge in [-0.2, -0.15) is 0 Å². The van der Waals surface area contributed by atoms with Crippen molar-refractivity contribution >= 4 is 15.9 Å².